The molecule has 0 saturated heterocycles. The van der Waals surface area contributed by atoms with E-state index in [1.165, 1.54) is 0 Å². The smallest absolute Gasteiger partial charge is 0.304 e. The quantitative estimate of drug-likeness (QED) is 0.458. The third kappa shape index (κ3) is 5.69. The van der Waals surface area contributed by atoms with Crippen molar-refractivity contribution in [3.8, 4) is 23.1 Å². The molecule has 0 spiro atoms. The van der Waals surface area contributed by atoms with Crippen molar-refractivity contribution in [2.24, 2.45) is 5.92 Å². The van der Waals surface area contributed by atoms with Gasteiger partial charge in [0.05, 0.1) is 18.3 Å². The van der Waals surface area contributed by atoms with Crippen LogP contribution in [-0.4, -0.2) is 43.9 Å². The minimum atomic E-state index is -0.877. The van der Waals surface area contributed by atoms with Crippen molar-refractivity contribution in [1.82, 2.24) is 19.7 Å². The van der Waals surface area contributed by atoms with Crippen molar-refractivity contribution in [1.29, 1.82) is 0 Å². The van der Waals surface area contributed by atoms with Gasteiger partial charge in [-0.25, -0.2) is 9.97 Å². The van der Waals surface area contributed by atoms with E-state index >= 15 is 0 Å². The summed E-state index contributed by atoms with van der Waals surface area (Å²) in [5.74, 6) is 5.97. The minimum Gasteiger partial charge on any atom is -0.481 e. The first-order valence-corrected chi connectivity index (χ1v) is 11.1. The number of carboxylic acid groups (broad SMARTS) is 1. The van der Waals surface area contributed by atoms with E-state index in [9.17, 15) is 9.59 Å². The van der Waals surface area contributed by atoms with Crippen LogP contribution in [0.5, 0.6) is 0 Å². The van der Waals surface area contributed by atoms with E-state index in [0.717, 1.165) is 30.6 Å². The highest BCUT2D eigenvalue weighted by molar-refractivity contribution is 5.95. The molecular weight excluding hydrogens is 418 g/mol. The van der Waals surface area contributed by atoms with Gasteiger partial charge in [-0.15, -0.1) is 0 Å². The average molecular weight is 446 g/mol. The first-order chi connectivity index (χ1) is 15.9. The molecule has 3 N–H and O–H groups in total. The van der Waals surface area contributed by atoms with E-state index in [-0.39, 0.29) is 18.7 Å². The van der Waals surface area contributed by atoms with Gasteiger partial charge < -0.3 is 15.7 Å². The topological polar surface area (TPSA) is 109 Å². The van der Waals surface area contributed by atoms with Gasteiger partial charge in [0.1, 0.15) is 5.69 Å². The summed E-state index contributed by atoms with van der Waals surface area (Å²) < 4.78 is 1.93. The lowest BCUT2D eigenvalue weighted by atomic mass is 10.1. The molecule has 33 heavy (non-hydrogen) atoms. The highest BCUT2D eigenvalue weighted by Gasteiger charge is 2.23. The number of anilines is 1. The van der Waals surface area contributed by atoms with E-state index in [4.69, 9.17) is 5.11 Å². The number of aromatic nitrogens is 3. The monoisotopic (exact) mass is 445 g/mol. The Hall–Kier alpha value is -3.86. The van der Waals surface area contributed by atoms with Gasteiger partial charge in [-0.05, 0) is 36.8 Å². The summed E-state index contributed by atoms with van der Waals surface area (Å²) in [5, 5.41) is 15.2. The first kappa shape index (κ1) is 22.3. The molecule has 1 amide bonds. The van der Waals surface area contributed by atoms with Crippen LogP contribution in [0.3, 0.4) is 0 Å². The second kappa shape index (κ2) is 9.74. The van der Waals surface area contributed by atoms with Crippen LogP contribution in [0.1, 0.15) is 55.6 Å². The van der Waals surface area contributed by atoms with Gasteiger partial charge in [0.15, 0.2) is 11.5 Å². The van der Waals surface area contributed by atoms with Crippen LogP contribution in [-0.2, 0) is 4.79 Å². The number of hydrogen-bond donors (Lipinski definition) is 3. The van der Waals surface area contributed by atoms with E-state index in [1.807, 2.05) is 28.7 Å². The number of fused-ring (bicyclic) bond motifs is 1. The minimum absolute atomic E-state index is 0.00923. The molecule has 8 heteroatoms. The third-order valence-electron chi connectivity index (χ3n) is 5.21. The number of carbonyl (C=O) groups is 2. The number of carbonyl (C=O) groups excluding carboxylic acids is 1. The highest BCUT2D eigenvalue weighted by Crippen LogP contribution is 2.25. The fourth-order valence-electron chi connectivity index (χ4n) is 3.29. The molecule has 0 atom stereocenters. The van der Waals surface area contributed by atoms with Gasteiger partial charge in [-0.1, -0.05) is 31.9 Å². The molecule has 1 aliphatic rings. The number of imidazole rings is 1. The number of nitrogens with one attached hydrogen (secondary N) is 2. The first-order valence-electron chi connectivity index (χ1n) is 11.1. The normalized spacial score (nSPS) is 12.9. The molecule has 1 saturated carbocycles. The second-order valence-corrected chi connectivity index (χ2v) is 8.61. The lowest BCUT2D eigenvalue weighted by molar-refractivity contribution is -0.136. The largest absolute Gasteiger partial charge is 0.481 e. The average Bonchev–Trinajstić information content (AvgIpc) is 3.50. The zero-order chi connectivity index (χ0) is 23.4. The van der Waals surface area contributed by atoms with E-state index < -0.39 is 5.97 Å². The number of aliphatic carboxylic acids is 1. The summed E-state index contributed by atoms with van der Waals surface area (Å²) in [5.41, 5.74) is 3.60. The fraction of sp³-hybridized carbons (Fsp3) is 0.360. The molecule has 1 aromatic carbocycles. The Kier molecular flexibility index (Phi) is 6.59. The number of carboxylic acids is 1. The molecule has 2 heterocycles. The maximum atomic E-state index is 12.3. The van der Waals surface area contributed by atoms with Crippen LogP contribution in [0.15, 0.2) is 36.7 Å². The number of rotatable bonds is 8. The summed E-state index contributed by atoms with van der Waals surface area (Å²) in [6, 6.07) is 7.77. The molecule has 0 bridgehead atoms. The van der Waals surface area contributed by atoms with Gasteiger partial charge in [0, 0.05) is 36.3 Å². The molecule has 0 aliphatic heterocycles. The molecule has 2 aromatic heterocycles. The Labute approximate surface area is 192 Å². The van der Waals surface area contributed by atoms with E-state index in [1.54, 1.807) is 12.4 Å². The molecule has 0 radical (unpaired) electrons. The van der Waals surface area contributed by atoms with Crippen molar-refractivity contribution in [2.75, 3.05) is 11.9 Å². The number of hydrogen-bond acceptors (Lipinski definition) is 5. The molecule has 1 fully saturated rings. The van der Waals surface area contributed by atoms with Crippen LogP contribution in [0, 0.1) is 17.8 Å². The lowest BCUT2D eigenvalue weighted by Crippen LogP contribution is -2.25. The van der Waals surface area contributed by atoms with Gasteiger partial charge >= 0.3 is 5.97 Å². The van der Waals surface area contributed by atoms with Gasteiger partial charge in [-0.3, -0.25) is 14.0 Å². The van der Waals surface area contributed by atoms with Crippen molar-refractivity contribution in [2.45, 2.75) is 45.6 Å². The maximum Gasteiger partial charge on any atom is 0.304 e. The summed E-state index contributed by atoms with van der Waals surface area (Å²) in [7, 11) is 0. The molecule has 8 nitrogen and oxygen atoms in total. The predicted molar refractivity (Wildman–Crippen MR) is 126 cm³/mol. The van der Waals surface area contributed by atoms with Crippen LogP contribution >= 0.6 is 0 Å². The summed E-state index contributed by atoms with van der Waals surface area (Å²) in [6.45, 7) is 4.95. The van der Waals surface area contributed by atoms with Crippen molar-refractivity contribution < 1.29 is 14.7 Å². The Bertz CT molecular complexity index is 1230. The Balaban J connectivity index is 1.66. The van der Waals surface area contributed by atoms with Crippen molar-refractivity contribution in [3.63, 3.8) is 0 Å². The predicted octanol–water partition coefficient (Wildman–Crippen LogP) is 3.57. The number of benzene rings is 1. The molecule has 3 aromatic rings. The molecule has 170 valence electrons. The lowest BCUT2D eigenvalue weighted by Gasteiger charge is -2.11. The summed E-state index contributed by atoms with van der Waals surface area (Å²) >= 11 is 0. The Morgan fingerprint density at radius 3 is 2.67 bits per heavy atom. The summed E-state index contributed by atoms with van der Waals surface area (Å²) in [4.78, 5) is 32.2. The van der Waals surface area contributed by atoms with Gasteiger partial charge in [-0.2, -0.15) is 0 Å². The zero-order valence-corrected chi connectivity index (χ0v) is 18.8. The number of amides is 1. The fourth-order valence-corrected chi connectivity index (χ4v) is 3.29. The van der Waals surface area contributed by atoms with Gasteiger partial charge in [0.2, 0.25) is 0 Å². The molecule has 0 unspecified atom stereocenters. The van der Waals surface area contributed by atoms with Crippen LogP contribution < -0.4 is 10.6 Å². The van der Waals surface area contributed by atoms with E-state index in [0.29, 0.717) is 34.7 Å². The zero-order valence-electron chi connectivity index (χ0n) is 18.8. The van der Waals surface area contributed by atoms with Crippen LogP contribution in [0.4, 0.5) is 5.82 Å². The van der Waals surface area contributed by atoms with Crippen LogP contribution in [0.25, 0.3) is 16.9 Å². The molecule has 1 aliphatic carbocycles. The number of nitrogens with zero attached hydrogens (tertiary/aromatic N) is 3. The highest BCUT2D eigenvalue weighted by atomic mass is 16.4. The van der Waals surface area contributed by atoms with Crippen molar-refractivity contribution in [3.05, 3.63) is 47.9 Å². The standard InChI is InChI=1S/C25H27N5O3/c1-16(2)13-26-23-24-27-14-21(30(24)15-20(28-23)5-3-4-6-22(31)32)17-7-9-18(10-8-17)25(33)29-19-11-12-19/h7-10,14-16,19H,4,6,11-13H2,1-2H3,(H,26,28)(H,29,33)(H,31,32). The Morgan fingerprint density at radius 1 is 1.24 bits per heavy atom. The van der Waals surface area contributed by atoms with Crippen molar-refractivity contribution >= 4 is 23.3 Å². The summed E-state index contributed by atoms with van der Waals surface area (Å²) in [6.07, 6.45) is 5.93. The van der Waals surface area contributed by atoms with Crippen LogP contribution in [0.2, 0.25) is 0 Å². The SMILES string of the molecule is CC(C)CNc1nc(C#CCCC(=O)O)cn2c(-c3ccc(C(=O)NC4CC4)cc3)cnc12. The third-order valence-corrected chi connectivity index (χ3v) is 5.21. The van der Waals surface area contributed by atoms with Gasteiger partial charge in [0.25, 0.3) is 5.91 Å². The Morgan fingerprint density at radius 2 is 2.00 bits per heavy atom. The molecule has 4 rings (SSSR count). The maximum absolute atomic E-state index is 12.3. The second-order valence-electron chi connectivity index (χ2n) is 8.61. The van der Waals surface area contributed by atoms with E-state index in [2.05, 4.69) is 46.3 Å². The molecular formula is C25H27N5O3.